The van der Waals surface area contributed by atoms with E-state index < -0.39 is 0 Å². The Kier molecular flexibility index (Phi) is 3.87. The number of aryl methyl sites for hydroxylation is 1. The van der Waals surface area contributed by atoms with Gasteiger partial charge < -0.3 is 4.74 Å². The minimum absolute atomic E-state index is 0.0101. The summed E-state index contributed by atoms with van der Waals surface area (Å²) >= 11 is 0. The van der Waals surface area contributed by atoms with E-state index >= 15 is 0 Å². The van der Waals surface area contributed by atoms with Gasteiger partial charge in [-0.15, -0.1) is 5.10 Å². The second kappa shape index (κ2) is 5.38. The first kappa shape index (κ1) is 11.5. The van der Waals surface area contributed by atoms with Gasteiger partial charge in [0.25, 0.3) is 0 Å². The van der Waals surface area contributed by atoms with E-state index in [0.717, 1.165) is 38.1 Å². The molecule has 0 aromatic carbocycles. The zero-order valence-corrected chi connectivity index (χ0v) is 9.59. The van der Waals surface area contributed by atoms with Crippen LogP contribution in [0.5, 0.6) is 0 Å². The highest BCUT2D eigenvalue weighted by molar-refractivity contribution is 5.05. The molecule has 0 saturated carbocycles. The molecule has 0 aliphatic carbocycles. The molecule has 1 aromatic heterocycles. The maximum Gasteiger partial charge on any atom is 0.0906 e. The molecule has 6 nitrogen and oxygen atoms in total. The van der Waals surface area contributed by atoms with Gasteiger partial charge in [0.2, 0.25) is 0 Å². The minimum atomic E-state index is -0.0101. The summed E-state index contributed by atoms with van der Waals surface area (Å²) in [5.41, 5.74) is 3.83. The summed E-state index contributed by atoms with van der Waals surface area (Å²) in [6.07, 6.45) is 5.06. The van der Waals surface area contributed by atoms with E-state index in [1.165, 1.54) is 0 Å². The first-order valence-electron chi connectivity index (χ1n) is 5.83. The van der Waals surface area contributed by atoms with Crippen LogP contribution in [0.3, 0.4) is 0 Å². The van der Waals surface area contributed by atoms with Gasteiger partial charge in [-0.2, -0.15) is 0 Å². The van der Waals surface area contributed by atoms with E-state index in [1.807, 2.05) is 4.68 Å². The van der Waals surface area contributed by atoms with Crippen molar-refractivity contribution in [3.63, 3.8) is 0 Å². The Balaban J connectivity index is 2.15. The molecule has 0 spiro atoms. The summed E-state index contributed by atoms with van der Waals surface area (Å²) in [5.74, 6) is 5.61. The number of hydrazine groups is 1. The van der Waals surface area contributed by atoms with Crippen LogP contribution in [0.4, 0.5) is 0 Å². The Hall–Kier alpha value is -0.980. The lowest BCUT2D eigenvalue weighted by molar-refractivity contribution is 0.0754. The number of hydrogen-bond acceptors (Lipinski definition) is 5. The number of nitrogens with one attached hydrogen (secondary N) is 1. The molecule has 6 heteroatoms. The Morgan fingerprint density at radius 2 is 2.62 bits per heavy atom. The summed E-state index contributed by atoms with van der Waals surface area (Å²) in [6.45, 7) is 3.79. The van der Waals surface area contributed by atoms with Crippen molar-refractivity contribution in [3.8, 4) is 0 Å². The molecule has 0 bridgehead atoms. The van der Waals surface area contributed by atoms with Crippen LogP contribution < -0.4 is 11.3 Å². The molecule has 1 aliphatic heterocycles. The van der Waals surface area contributed by atoms with E-state index in [1.54, 1.807) is 6.20 Å². The van der Waals surface area contributed by atoms with Crippen LogP contribution in [0.2, 0.25) is 0 Å². The van der Waals surface area contributed by atoms with Crippen molar-refractivity contribution in [1.29, 1.82) is 0 Å². The third-order valence-electron chi connectivity index (χ3n) is 2.92. The fraction of sp³-hybridized carbons (Fsp3) is 0.800. The van der Waals surface area contributed by atoms with Crippen LogP contribution in [0.1, 0.15) is 37.9 Å². The molecular weight excluding hydrogens is 206 g/mol. The number of aromatic nitrogens is 3. The Morgan fingerprint density at radius 3 is 3.25 bits per heavy atom. The van der Waals surface area contributed by atoms with Crippen molar-refractivity contribution in [2.24, 2.45) is 5.84 Å². The molecule has 3 N–H and O–H groups in total. The molecular formula is C10H19N5O. The number of nitrogens with two attached hydrogens (primary N) is 1. The maximum atomic E-state index is 5.65. The van der Waals surface area contributed by atoms with E-state index in [9.17, 15) is 0 Å². The van der Waals surface area contributed by atoms with Gasteiger partial charge in [0.1, 0.15) is 0 Å². The lowest BCUT2D eigenvalue weighted by Crippen LogP contribution is -2.37. The van der Waals surface area contributed by atoms with Crippen molar-refractivity contribution >= 4 is 0 Å². The molecule has 2 heterocycles. The van der Waals surface area contributed by atoms with Gasteiger partial charge >= 0.3 is 0 Å². The van der Waals surface area contributed by atoms with E-state index in [-0.39, 0.29) is 12.1 Å². The van der Waals surface area contributed by atoms with Crippen LogP contribution in [0, 0.1) is 0 Å². The summed E-state index contributed by atoms with van der Waals surface area (Å²) < 4.78 is 7.55. The summed E-state index contributed by atoms with van der Waals surface area (Å²) in [6, 6.07) is -0.0101. The highest BCUT2D eigenvalue weighted by Gasteiger charge is 2.29. The third-order valence-corrected chi connectivity index (χ3v) is 2.92. The van der Waals surface area contributed by atoms with Gasteiger partial charge in [-0.3, -0.25) is 5.84 Å². The molecule has 2 unspecified atom stereocenters. The monoisotopic (exact) mass is 225 g/mol. The van der Waals surface area contributed by atoms with Crippen molar-refractivity contribution < 1.29 is 4.74 Å². The molecule has 1 fully saturated rings. The Bertz CT molecular complexity index is 321. The fourth-order valence-corrected chi connectivity index (χ4v) is 2.14. The SMILES string of the molecule is CCCn1nncc1C(NN)C1CCCO1. The highest BCUT2D eigenvalue weighted by atomic mass is 16.5. The van der Waals surface area contributed by atoms with E-state index in [0.29, 0.717) is 0 Å². The third kappa shape index (κ3) is 2.23. The Labute approximate surface area is 95.1 Å². The quantitative estimate of drug-likeness (QED) is 0.559. The first-order chi connectivity index (χ1) is 7.86. The predicted molar refractivity (Wildman–Crippen MR) is 59.4 cm³/mol. The molecule has 90 valence electrons. The minimum Gasteiger partial charge on any atom is -0.376 e. The first-order valence-corrected chi connectivity index (χ1v) is 5.83. The number of nitrogens with zero attached hydrogens (tertiary/aromatic N) is 3. The molecule has 1 aliphatic rings. The zero-order chi connectivity index (χ0) is 11.4. The van der Waals surface area contributed by atoms with Crippen molar-refractivity contribution in [1.82, 2.24) is 20.4 Å². The van der Waals surface area contributed by atoms with Crippen molar-refractivity contribution in [2.75, 3.05) is 6.61 Å². The number of ether oxygens (including phenoxy) is 1. The van der Waals surface area contributed by atoms with Crippen LogP contribution >= 0.6 is 0 Å². The summed E-state index contributed by atoms with van der Waals surface area (Å²) in [4.78, 5) is 0. The highest BCUT2D eigenvalue weighted by Crippen LogP contribution is 2.25. The predicted octanol–water partition coefficient (Wildman–Crippen LogP) is 0.371. The van der Waals surface area contributed by atoms with Crippen molar-refractivity contribution in [2.45, 2.75) is 44.9 Å². The number of rotatable bonds is 5. The van der Waals surface area contributed by atoms with Gasteiger partial charge in [-0.05, 0) is 19.3 Å². The lowest BCUT2D eigenvalue weighted by Gasteiger charge is -2.22. The molecule has 1 aromatic rings. The molecule has 2 rings (SSSR count). The molecule has 0 radical (unpaired) electrons. The Morgan fingerprint density at radius 1 is 1.75 bits per heavy atom. The maximum absolute atomic E-state index is 5.65. The topological polar surface area (TPSA) is 78.0 Å². The zero-order valence-electron chi connectivity index (χ0n) is 9.59. The second-order valence-corrected chi connectivity index (χ2v) is 4.08. The van der Waals surface area contributed by atoms with E-state index in [4.69, 9.17) is 10.6 Å². The van der Waals surface area contributed by atoms with Crippen LogP contribution in [-0.2, 0) is 11.3 Å². The van der Waals surface area contributed by atoms with Crippen LogP contribution in [0.25, 0.3) is 0 Å². The molecule has 16 heavy (non-hydrogen) atoms. The van der Waals surface area contributed by atoms with Crippen LogP contribution in [-0.4, -0.2) is 27.7 Å². The number of hydrogen-bond donors (Lipinski definition) is 2. The molecule has 2 atom stereocenters. The lowest BCUT2D eigenvalue weighted by atomic mass is 10.1. The largest absolute Gasteiger partial charge is 0.376 e. The van der Waals surface area contributed by atoms with Gasteiger partial charge in [-0.25, -0.2) is 10.1 Å². The van der Waals surface area contributed by atoms with Crippen molar-refractivity contribution in [3.05, 3.63) is 11.9 Å². The summed E-state index contributed by atoms with van der Waals surface area (Å²) in [5, 5.41) is 8.00. The smallest absolute Gasteiger partial charge is 0.0906 e. The van der Waals surface area contributed by atoms with Gasteiger partial charge in [0.15, 0.2) is 0 Å². The molecule has 1 saturated heterocycles. The summed E-state index contributed by atoms with van der Waals surface area (Å²) in [7, 11) is 0. The van der Waals surface area contributed by atoms with Gasteiger partial charge in [0, 0.05) is 13.2 Å². The van der Waals surface area contributed by atoms with Gasteiger partial charge in [-0.1, -0.05) is 12.1 Å². The average molecular weight is 225 g/mol. The standard InChI is InChI=1S/C10H19N5O/c1-2-5-15-8(7-12-14-15)10(13-11)9-4-3-6-16-9/h7,9-10,13H,2-6,11H2,1H3. The fourth-order valence-electron chi connectivity index (χ4n) is 2.14. The molecule has 0 amide bonds. The normalized spacial score (nSPS) is 22.5. The average Bonchev–Trinajstić information content (AvgIpc) is 2.92. The van der Waals surface area contributed by atoms with Crippen LogP contribution in [0.15, 0.2) is 6.20 Å². The second-order valence-electron chi connectivity index (χ2n) is 4.08. The van der Waals surface area contributed by atoms with Gasteiger partial charge in [0.05, 0.1) is 24.0 Å². The van der Waals surface area contributed by atoms with E-state index in [2.05, 4.69) is 22.7 Å².